The Labute approximate surface area is 119 Å². The monoisotopic (exact) mass is 271 g/mol. The van der Waals surface area contributed by atoms with Crippen LogP contribution >= 0.6 is 0 Å². The van der Waals surface area contributed by atoms with Crippen LogP contribution in [-0.2, 0) is 25.9 Å². The van der Waals surface area contributed by atoms with Gasteiger partial charge in [-0.2, -0.15) is 0 Å². The van der Waals surface area contributed by atoms with Crippen molar-refractivity contribution in [2.75, 3.05) is 0 Å². The van der Waals surface area contributed by atoms with Gasteiger partial charge in [-0.15, -0.1) is 0 Å². The lowest BCUT2D eigenvalue weighted by molar-refractivity contribution is 0.155. The summed E-state index contributed by atoms with van der Waals surface area (Å²) in [4.78, 5) is 4.47. The van der Waals surface area contributed by atoms with Crippen molar-refractivity contribution in [1.29, 1.82) is 0 Å². The van der Waals surface area contributed by atoms with Crippen LogP contribution in [0.15, 0.2) is 30.6 Å². The number of nitrogens with zero attached hydrogens (tertiary/aromatic N) is 2. The molecule has 1 unspecified atom stereocenters. The van der Waals surface area contributed by atoms with Gasteiger partial charge in [0.25, 0.3) is 0 Å². The minimum absolute atomic E-state index is 0.498. The third-order valence-corrected chi connectivity index (χ3v) is 4.08. The summed E-state index contributed by atoms with van der Waals surface area (Å²) in [5, 5.41) is 10.4. The predicted octanol–water partition coefficient (Wildman–Crippen LogP) is 1.95. The molecule has 4 heteroatoms. The van der Waals surface area contributed by atoms with E-state index in [1.165, 1.54) is 24.2 Å². The Bertz CT molecular complexity index is 574. The molecular weight excluding hydrogens is 250 g/mol. The summed E-state index contributed by atoms with van der Waals surface area (Å²) >= 11 is 0. The zero-order chi connectivity index (χ0) is 13.9. The number of imidazole rings is 1. The Morgan fingerprint density at radius 1 is 1.20 bits per heavy atom. The topological polar surface area (TPSA) is 64.1 Å². The van der Waals surface area contributed by atoms with E-state index < -0.39 is 6.10 Å². The fourth-order valence-corrected chi connectivity index (χ4v) is 2.86. The molecule has 0 saturated heterocycles. The van der Waals surface area contributed by atoms with Gasteiger partial charge in [0.2, 0.25) is 0 Å². The number of nitrogens with two attached hydrogens (primary N) is 1. The largest absolute Gasteiger partial charge is 0.387 e. The molecule has 3 N–H and O–H groups in total. The van der Waals surface area contributed by atoms with Crippen molar-refractivity contribution in [1.82, 2.24) is 9.55 Å². The number of benzene rings is 1. The fourth-order valence-electron chi connectivity index (χ4n) is 2.86. The third-order valence-electron chi connectivity index (χ3n) is 4.08. The fraction of sp³-hybridized carbons (Fsp3) is 0.438. The number of aliphatic hydroxyl groups excluding tert-OH is 1. The second-order valence-electron chi connectivity index (χ2n) is 5.46. The van der Waals surface area contributed by atoms with Gasteiger partial charge in [-0.1, -0.05) is 24.3 Å². The molecule has 1 aromatic heterocycles. The van der Waals surface area contributed by atoms with E-state index in [2.05, 4.69) is 9.55 Å². The first-order chi connectivity index (χ1) is 9.78. The molecule has 0 fully saturated rings. The minimum atomic E-state index is -0.498. The number of aliphatic hydroxyl groups is 1. The first kappa shape index (κ1) is 13.3. The smallest absolute Gasteiger partial charge is 0.0969 e. The third kappa shape index (κ3) is 2.62. The van der Waals surface area contributed by atoms with E-state index in [0.717, 1.165) is 24.0 Å². The molecule has 20 heavy (non-hydrogen) atoms. The molecule has 1 aliphatic carbocycles. The van der Waals surface area contributed by atoms with Gasteiger partial charge in [-0.25, -0.2) is 4.98 Å². The van der Waals surface area contributed by atoms with Crippen molar-refractivity contribution in [3.05, 3.63) is 53.1 Å². The molecule has 0 bridgehead atoms. The van der Waals surface area contributed by atoms with Crippen molar-refractivity contribution in [3.63, 3.8) is 0 Å². The molecule has 0 saturated carbocycles. The zero-order valence-electron chi connectivity index (χ0n) is 11.6. The van der Waals surface area contributed by atoms with Gasteiger partial charge in [0.1, 0.15) is 0 Å². The second-order valence-corrected chi connectivity index (χ2v) is 5.46. The molecule has 1 aromatic carbocycles. The first-order valence-corrected chi connectivity index (χ1v) is 7.28. The average Bonchev–Trinajstić information content (AvgIpc) is 2.91. The van der Waals surface area contributed by atoms with Gasteiger partial charge in [-0.05, 0) is 36.8 Å². The Morgan fingerprint density at radius 2 is 1.95 bits per heavy atom. The minimum Gasteiger partial charge on any atom is -0.387 e. The van der Waals surface area contributed by atoms with Crippen LogP contribution in [0.5, 0.6) is 0 Å². The standard InChI is InChI=1S/C16H21N3O/c17-9-12-5-7-13(8-6-12)16(20)10-19-11-18-14-3-1-2-4-15(14)19/h5-8,11,16,20H,1-4,9-10,17H2. The molecule has 2 aromatic rings. The highest BCUT2D eigenvalue weighted by Crippen LogP contribution is 2.23. The van der Waals surface area contributed by atoms with Crippen molar-refractivity contribution in [3.8, 4) is 0 Å². The van der Waals surface area contributed by atoms with Crippen LogP contribution in [0.3, 0.4) is 0 Å². The highest BCUT2D eigenvalue weighted by Gasteiger charge is 2.17. The molecule has 106 valence electrons. The summed E-state index contributed by atoms with van der Waals surface area (Å²) < 4.78 is 2.11. The van der Waals surface area contributed by atoms with Crippen LogP contribution in [-0.4, -0.2) is 14.7 Å². The van der Waals surface area contributed by atoms with Gasteiger partial charge in [0, 0.05) is 12.2 Å². The van der Waals surface area contributed by atoms with Crippen molar-refractivity contribution >= 4 is 0 Å². The van der Waals surface area contributed by atoms with Crippen molar-refractivity contribution in [2.24, 2.45) is 5.73 Å². The second kappa shape index (κ2) is 5.77. The maximum absolute atomic E-state index is 10.4. The molecule has 1 heterocycles. The molecular formula is C16H21N3O. The highest BCUT2D eigenvalue weighted by molar-refractivity contribution is 5.24. The lowest BCUT2D eigenvalue weighted by atomic mass is 10.0. The van der Waals surface area contributed by atoms with E-state index in [9.17, 15) is 5.11 Å². The number of fused-ring (bicyclic) bond motifs is 1. The Hall–Kier alpha value is -1.65. The lowest BCUT2D eigenvalue weighted by Crippen LogP contribution is -2.13. The summed E-state index contributed by atoms with van der Waals surface area (Å²) in [5.74, 6) is 0. The van der Waals surface area contributed by atoms with Gasteiger partial charge in [-0.3, -0.25) is 0 Å². The molecule has 3 rings (SSSR count). The maximum atomic E-state index is 10.4. The summed E-state index contributed by atoms with van der Waals surface area (Å²) in [6.45, 7) is 1.11. The van der Waals surface area contributed by atoms with Crippen LogP contribution < -0.4 is 5.73 Å². The van der Waals surface area contributed by atoms with Crippen LogP contribution in [0, 0.1) is 0 Å². The number of aryl methyl sites for hydroxylation is 1. The average molecular weight is 271 g/mol. The first-order valence-electron chi connectivity index (χ1n) is 7.28. The van der Waals surface area contributed by atoms with Gasteiger partial charge in [0.05, 0.1) is 24.7 Å². The number of rotatable bonds is 4. The maximum Gasteiger partial charge on any atom is 0.0969 e. The Balaban J connectivity index is 1.74. The van der Waals surface area contributed by atoms with Gasteiger partial charge in [0.15, 0.2) is 0 Å². The molecule has 4 nitrogen and oxygen atoms in total. The van der Waals surface area contributed by atoms with E-state index in [-0.39, 0.29) is 0 Å². The summed E-state index contributed by atoms with van der Waals surface area (Å²) in [6, 6.07) is 7.86. The van der Waals surface area contributed by atoms with Crippen LogP contribution in [0.25, 0.3) is 0 Å². The normalized spacial score (nSPS) is 15.9. The number of hydrogen-bond acceptors (Lipinski definition) is 3. The molecule has 1 aliphatic rings. The zero-order valence-corrected chi connectivity index (χ0v) is 11.6. The van der Waals surface area contributed by atoms with E-state index in [1.54, 1.807) is 0 Å². The van der Waals surface area contributed by atoms with Gasteiger partial charge >= 0.3 is 0 Å². The van der Waals surface area contributed by atoms with Gasteiger partial charge < -0.3 is 15.4 Å². The lowest BCUT2D eigenvalue weighted by Gasteiger charge is -2.17. The molecule has 1 atom stereocenters. The van der Waals surface area contributed by atoms with Crippen molar-refractivity contribution in [2.45, 2.75) is 44.9 Å². The predicted molar refractivity (Wildman–Crippen MR) is 78.2 cm³/mol. The molecule has 0 amide bonds. The van der Waals surface area contributed by atoms with Crippen LogP contribution in [0.2, 0.25) is 0 Å². The summed E-state index contributed by atoms with van der Waals surface area (Å²) in [7, 11) is 0. The summed E-state index contributed by atoms with van der Waals surface area (Å²) in [5.41, 5.74) is 10.1. The van der Waals surface area contributed by atoms with E-state index in [4.69, 9.17) is 5.73 Å². The number of hydrogen-bond donors (Lipinski definition) is 2. The van der Waals surface area contributed by atoms with Crippen molar-refractivity contribution < 1.29 is 5.11 Å². The van der Waals surface area contributed by atoms with Crippen LogP contribution in [0.4, 0.5) is 0 Å². The Morgan fingerprint density at radius 3 is 2.70 bits per heavy atom. The van der Waals surface area contributed by atoms with E-state index in [0.29, 0.717) is 13.1 Å². The molecule has 0 radical (unpaired) electrons. The SMILES string of the molecule is NCc1ccc(C(O)Cn2cnc3c2CCCC3)cc1. The van der Waals surface area contributed by atoms with E-state index >= 15 is 0 Å². The number of aromatic nitrogens is 2. The van der Waals surface area contributed by atoms with E-state index in [1.807, 2.05) is 30.6 Å². The highest BCUT2D eigenvalue weighted by atomic mass is 16.3. The summed E-state index contributed by atoms with van der Waals surface area (Å²) in [6.07, 6.45) is 5.97. The Kier molecular flexibility index (Phi) is 3.85. The van der Waals surface area contributed by atoms with Crippen LogP contribution in [0.1, 0.15) is 41.5 Å². The molecule has 0 spiro atoms. The molecule has 0 aliphatic heterocycles. The quantitative estimate of drug-likeness (QED) is 0.893.